The van der Waals surface area contributed by atoms with Crippen LogP contribution in [0.2, 0.25) is 5.02 Å². The highest BCUT2D eigenvalue weighted by atomic mass is 35.5. The normalized spacial score (nSPS) is 12.3. The number of nitrogens with one attached hydrogen (secondary N) is 1. The van der Waals surface area contributed by atoms with E-state index in [0.29, 0.717) is 48.5 Å². The highest BCUT2D eigenvalue weighted by molar-refractivity contribution is 6.32. The van der Waals surface area contributed by atoms with Gasteiger partial charge in [0, 0.05) is 6.54 Å². The van der Waals surface area contributed by atoms with E-state index in [1.54, 1.807) is 24.3 Å². The van der Waals surface area contributed by atoms with Gasteiger partial charge in [-0.3, -0.25) is 9.59 Å². The lowest BCUT2D eigenvalue weighted by Gasteiger charge is -2.20. The predicted molar refractivity (Wildman–Crippen MR) is 104 cm³/mol. The fourth-order valence-corrected chi connectivity index (χ4v) is 3.05. The maximum absolute atomic E-state index is 12.0. The number of fused-ring (bicyclic) bond motifs is 1. The van der Waals surface area contributed by atoms with Gasteiger partial charge in [-0.1, -0.05) is 23.7 Å². The number of ether oxygens (including phenoxy) is 3. The Kier molecular flexibility index (Phi) is 6.60. The number of hydrogen-bond acceptors (Lipinski definition) is 5. The number of carbonyl (C=O) groups excluding carboxylic acids is 2. The van der Waals surface area contributed by atoms with E-state index in [2.05, 4.69) is 5.32 Å². The number of carbonyl (C=O) groups is 2. The average Bonchev–Trinajstić information content (AvgIpc) is 2.67. The fraction of sp³-hybridized carbons (Fsp3) is 0.300. The molecule has 0 aliphatic carbocycles. The van der Waals surface area contributed by atoms with Gasteiger partial charge in [0.1, 0.15) is 19.0 Å². The molecule has 2 aromatic rings. The second kappa shape index (κ2) is 9.32. The number of amides is 2. The molecule has 3 rings (SSSR count). The molecule has 0 fully saturated rings. The largest absolute Gasteiger partial charge is 0.486 e. The van der Waals surface area contributed by atoms with Crippen LogP contribution in [0.1, 0.15) is 11.1 Å². The Morgan fingerprint density at radius 2 is 1.86 bits per heavy atom. The summed E-state index contributed by atoms with van der Waals surface area (Å²) >= 11 is 6.21. The lowest BCUT2D eigenvalue weighted by Crippen LogP contribution is -2.30. The van der Waals surface area contributed by atoms with E-state index in [1.165, 1.54) is 0 Å². The standard InChI is InChI=1S/C20H21ClN2O5/c21-16-9-14(10-17-20(16)27-8-7-26-17)5-6-23-19(25)12-28-15-3-1-13(2-4-15)11-18(22)24/h1-4,9-10H,5-8,11-12H2,(H2,22,24)(H,23,25). The molecule has 7 nitrogen and oxygen atoms in total. The summed E-state index contributed by atoms with van der Waals surface area (Å²) in [5.41, 5.74) is 6.89. The highest BCUT2D eigenvalue weighted by Gasteiger charge is 2.16. The molecular weight excluding hydrogens is 384 g/mol. The number of primary amides is 1. The van der Waals surface area contributed by atoms with Crippen LogP contribution >= 0.6 is 11.6 Å². The Hall–Kier alpha value is -2.93. The highest BCUT2D eigenvalue weighted by Crippen LogP contribution is 2.38. The van der Waals surface area contributed by atoms with E-state index in [1.807, 2.05) is 12.1 Å². The van der Waals surface area contributed by atoms with Crippen LogP contribution in [0, 0.1) is 0 Å². The van der Waals surface area contributed by atoms with Crippen LogP contribution in [-0.2, 0) is 22.4 Å². The summed E-state index contributed by atoms with van der Waals surface area (Å²) in [5, 5.41) is 3.30. The van der Waals surface area contributed by atoms with Crippen LogP contribution in [0.4, 0.5) is 0 Å². The topological polar surface area (TPSA) is 99.9 Å². The molecule has 3 N–H and O–H groups in total. The first-order valence-electron chi connectivity index (χ1n) is 8.86. The molecule has 0 bridgehead atoms. The van der Waals surface area contributed by atoms with Crippen molar-refractivity contribution in [2.75, 3.05) is 26.4 Å². The molecule has 0 unspecified atom stereocenters. The van der Waals surface area contributed by atoms with Crippen molar-refractivity contribution in [2.45, 2.75) is 12.8 Å². The Labute approximate surface area is 167 Å². The van der Waals surface area contributed by atoms with Crippen molar-refractivity contribution in [1.82, 2.24) is 5.32 Å². The van der Waals surface area contributed by atoms with Crippen molar-refractivity contribution >= 4 is 23.4 Å². The maximum Gasteiger partial charge on any atom is 0.257 e. The third-order valence-electron chi connectivity index (χ3n) is 4.06. The van der Waals surface area contributed by atoms with Gasteiger partial charge >= 0.3 is 0 Å². The van der Waals surface area contributed by atoms with E-state index in [9.17, 15) is 9.59 Å². The second-order valence-electron chi connectivity index (χ2n) is 6.28. The smallest absolute Gasteiger partial charge is 0.257 e. The van der Waals surface area contributed by atoms with E-state index >= 15 is 0 Å². The molecule has 0 aromatic heterocycles. The van der Waals surface area contributed by atoms with Gasteiger partial charge in [-0.2, -0.15) is 0 Å². The van der Waals surface area contributed by atoms with Crippen LogP contribution in [0.15, 0.2) is 36.4 Å². The summed E-state index contributed by atoms with van der Waals surface area (Å²) in [4.78, 5) is 22.8. The molecule has 8 heteroatoms. The molecule has 2 aromatic carbocycles. The Morgan fingerprint density at radius 1 is 1.11 bits per heavy atom. The summed E-state index contributed by atoms with van der Waals surface area (Å²) in [7, 11) is 0. The van der Waals surface area contributed by atoms with E-state index < -0.39 is 5.91 Å². The number of rotatable bonds is 8. The number of hydrogen-bond donors (Lipinski definition) is 2. The zero-order valence-electron chi connectivity index (χ0n) is 15.2. The first kappa shape index (κ1) is 19.8. The SMILES string of the molecule is NC(=O)Cc1ccc(OCC(=O)NCCc2cc(Cl)c3c(c2)OCCO3)cc1. The average molecular weight is 405 g/mol. The van der Waals surface area contributed by atoms with Crippen molar-refractivity contribution < 1.29 is 23.8 Å². The molecule has 1 aliphatic heterocycles. The summed E-state index contributed by atoms with van der Waals surface area (Å²) < 4.78 is 16.5. The molecule has 0 radical (unpaired) electrons. The molecule has 28 heavy (non-hydrogen) atoms. The van der Waals surface area contributed by atoms with Crippen LogP contribution in [0.5, 0.6) is 17.2 Å². The number of nitrogens with two attached hydrogens (primary N) is 1. The van der Waals surface area contributed by atoms with E-state index in [4.69, 9.17) is 31.5 Å². The third-order valence-corrected chi connectivity index (χ3v) is 4.34. The van der Waals surface area contributed by atoms with Crippen molar-refractivity contribution in [1.29, 1.82) is 0 Å². The Bertz CT molecular complexity index is 854. The lowest BCUT2D eigenvalue weighted by atomic mass is 10.1. The summed E-state index contributed by atoms with van der Waals surface area (Å²) in [5.74, 6) is 1.11. The van der Waals surface area contributed by atoms with Crippen LogP contribution in [0.25, 0.3) is 0 Å². The van der Waals surface area contributed by atoms with Crippen LogP contribution < -0.4 is 25.3 Å². The molecule has 148 valence electrons. The van der Waals surface area contributed by atoms with E-state index in [0.717, 1.165) is 11.1 Å². The van der Waals surface area contributed by atoms with Gasteiger partial charge in [0.15, 0.2) is 18.1 Å². The monoisotopic (exact) mass is 404 g/mol. The molecule has 0 atom stereocenters. The zero-order valence-corrected chi connectivity index (χ0v) is 16.0. The summed E-state index contributed by atoms with van der Waals surface area (Å²) in [6.45, 7) is 1.31. The molecular formula is C20H21ClN2O5. The number of halogens is 1. The zero-order chi connectivity index (χ0) is 19.9. The van der Waals surface area contributed by atoms with Crippen molar-refractivity contribution in [3.8, 4) is 17.2 Å². The van der Waals surface area contributed by atoms with Crippen molar-refractivity contribution in [2.24, 2.45) is 5.73 Å². The van der Waals surface area contributed by atoms with Crippen molar-refractivity contribution in [3.63, 3.8) is 0 Å². The second-order valence-corrected chi connectivity index (χ2v) is 6.68. The molecule has 1 aliphatic rings. The quantitative estimate of drug-likeness (QED) is 0.699. The third kappa shape index (κ3) is 5.53. The fourth-order valence-electron chi connectivity index (χ4n) is 2.76. The molecule has 1 heterocycles. The van der Waals surface area contributed by atoms with Gasteiger partial charge in [-0.25, -0.2) is 0 Å². The van der Waals surface area contributed by atoms with Crippen LogP contribution in [0.3, 0.4) is 0 Å². The summed E-state index contributed by atoms with van der Waals surface area (Å²) in [6.07, 6.45) is 0.772. The minimum Gasteiger partial charge on any atom is -0.486 e. The van der Waals surface area contributed by atoms with Gasteiger partial charge in [0.2, 0.25) is 5.91 Å². The van der Waals surface area contributed by atoms with Crippen molar-refractivity contribution in [3.05, 3.63) is 52.5 Å². The first-order chi connectivity index (χ1) is 13.5. The van der Waals surface area contributed by atoms with Gasteiger partial charge in [0.25, 0.3) is 5.91 Å². The van der Waals surface area contributed by atoms with Gasteiger partial charge in [-0.15, -0.1) is 0 Å². The van der Waals surface area contributed by atoms with Gasteiger partial charge < -0.3 is 25.3 Å². The first-order valence-corrected chi connectivity index (χ1v) is 9.24. The molecule has 2 amide bonds. The minimum absolute atomic E-state index is 0.100. The molecule has 0 saturated heterocycles. The Morgan fingerprint density at radius 3 is 2.61 bits per heavy atom. The lowest BCUT2D eigenvalue weighted by molar-refractivity contribution is -0.123. The Balaban J connectivity index is 1.42. The maximum atomic E-state index is 12.0. The number of benzene rings is 2. The van der Waals surface area contributed by atoms with Gasteiger partial charge in [-0.05, 0) is 41.8 Å². The van der Waals surface area contributed by atoms with Gasteiger partial charge in [0.05, 0.1) is 11.4 Å². The molecule has 0 saturated carbocycles. The predicted octanol–water partition coefficient (Wildman–Crippen LogP) is 1.88. The summed E-state index contributed by atoms with van der Waals surface area (Å²) in [6, 6.07) is 10.6. The molecule has 0 spiro atoms. The van der Waals surface area contributed by atoms with Crippen LogP contribution in [-0.4, -0.2) is 38.2 Å². The minimum atomic E-state index is -0.396. The van der Waals surface area contributed by atoms with E-state index in [-0.39, 0.29) is 18.9 Å².